The van der Waals surface area contributed by atoms with Crippen molar-refractivity contribution in [2.24, 2.45) is 11.5 Å². The highest BCUT2D eigenvalue weighted by Crippen LogP contribution is 2.42. The van der Waals surface area contributed by atoms with Crippen molar-refractivity contribution < 1.29 is 33.3 Å². The molecule has 4 N–H and O–H groups in total. The van der Waals surface area contributed by atoms with Gasteiger partial charge in [-0.15, -0.1) is 0 Å². The van der Waals surface area contributed by atoms with Gasteiger partial charge in [0.2, 0.25) is 5.88 Å². The maximum Gasteiger partial charge on any atom is 0.338 e. The van der Waals surface area contributed by atoms with Crippen LogP contribution in [0.3, 0.4) is 0 Å². The molecular formula is C25H24N4O7. The van der Waals surface area contributed by atoms with E-state index < -0.39 is 30.3 Å². The van der Waals surface area contributed by atoms with Crippen molar-refractivity contribution in [3.05, 3.63) is 76.9 Å². The molecule has 0 bridgehead atoms. The minimum atomic E-state index is -1.05. The second kappa shape index (κ2) is 11.0. The normalized spacial score (nSPS) is 14.9. The van der Waals surface area contributed by atoms with Crippen LogP contribution < -0.4 is 21.1 Å². The van der Waals surface area contributed by atoms with Gasteiger partial charge in [0.05, 0.1) is 44.2 Å². The summed E-state index contributed by atoms with van der Waals surface area (Å²) in [5.41, 5.74) is 12.7. The molecule has 1 atom stereocenters. The summed E-state index contributed by atoms with van der Waals surface area (Å²) in [6.45, 7) is 0. The van der Waals surface area contributed by atoms with Gasteiger partial charge in [-0.1, -0.05) is 12.1 Å². The highest BCUT2D eigenvalue weighted by Gasteiger charge is 2.38. The lowest BCUT2D eigenvalue weighted by Crippen LogP contribution is -2.31. The van der Waals surface area contributed by atoms with Gasteiger partial charge in [0.25, 0.3) is 0 Å². The molecule has 2 amide bonds. The summed E-state index contributed by atoms with van der Waals surface area (Å²) >= 11 is 0. The number of hydrogen-bond donors (Lipinski definition) is 2. The Morgan fingerprint density at radius 1 is 1.06 bits per heavy atom. The number of methoxy groups -OCH3 is 3. The molecule has 2 aromatic carbocycles. The largest absolute Gasteiger partial charge is 0.497 e. The summed E-state index contributed by atoms with van der Waals surface area (Å²) in [6, 6.07) is 14.3. The highest BCUT2D eigenvalue weighted by molar-refractivity contribution is 5.99. The summed E-state index contributed by atoms with van der Waals surface area (Å²) < 4.78 is 20.3. The van der Waals surface area contributed by atoms with E-state index in [1.807, 2.05) is 6.07 Å². The van der Waals surface area contributed by atoms with E-state index in [2.05, 4.69) is 0 Å². The van der Waals surface area contributed by atoms with E-state index in [0.717, 1.165) is 7.11 Å². The number of anilines is 2. The third-order valence-electron chi connectivity index (χ3n) is 5.45. The van der Waals surface area contributed by atoms with Crippen molar-refractivity contribution in [1.29, 1.82) is 5.26 Å². The second-order valence-corrected chi connectivity index (χ2v) is 7.47. The van der Waals surface area contributed by atoms with Gasteiger partial charge in [0.15, 0.2) is 0 Å². The third-order valence-corrected chi connectivity index (χ3v) is 5.45. The molecule has 1 heterocycles. The number of primary amides is 1. The first kappa shape index (κ1) is 25.6. The minimum Gasteiger partial charge on any atom is -0.497 e. The molecule has 3 rings (SSSR count). The van der Waals surface area contributed by atoms with Crippen molar-refractivity contribution in [1.82, 2.24) is 0 Å². The van der Waals surface area contributed by atoms with Gasteiger partial charge in [0, 0.05) is 0 Å². The van der Waals surface area contributed by atoms with Crippen molar-refractivity contribution in [3.8, 4) is 11.8 Å². The molecule has 11 nitrogen and oxygen atoms in total. The average Bonchev–Trinajstić information content (AvgIpc) is 2.88. The molecule has 36 heavy (non-hydrogen) atoms. The van der Waals surface area contributed by atoms with Crippen LogP contribution in [0, 0.1) is 11.3 Å². The van der Waals surface area contributed by atoms with Gasteiger partial charge in [-0.25, -0.2) is 9.59 Å². The number of carbonyl (C=O) groups excluding carboxylic acids is 3. The highest BCUT2D eigenvalue weighted by atomic mass is 16.5. The van der Waals surface area contributed by atoms with Gasteiger partial charge in [-0.3, -0.25) is 9.69 Å². The van der Waals surface area contributed by atoms with Crippen LogP contribution >= 0.6 is 0 Å². The third kappa shape index (κ3) is 5.07. The fourth-order valence-corrected chi connectivity index (χ4v) is 3.80. The Balaban J connectivity index is 2.19. The van der Waals surface area contributed by atoms with E-state index in [0.29, 0.717) is 22.7 Å². The quantitative estimate of drug-likeness (QED) is 0.552. The number of amides is 2. The van der Waals surface area contributed by atoms with Crippen LogP contribution in [0.5, 0.6) is 5.75 Å². The Hall–Kier alpha value is -4.98. The van der Waals surface area contributed by atoms with Crippen LogP contribution in [0.1, 0.15) is 17.9 Å². The SMILES string of the molecule is COC(=O)CC1=C(C(=O)OC)C(c2cccc(N(C(N)=O)c3ccc(OC)cc3)c2)C(C#N)=C(N)O1. The fourth-order valence-electron chi connectivity index (χ4n) is 3.80. The Labute approximate surface area is 207 Å². The fraction of sp³-hybridized carbons (Fsp3) is 0.200. The molecule has 1 aliphatic heterocycles. The molecule has 0 saturated heterocycles. The van der Waals surface area contributed by atoms with E-state index in [4.69, 9.17) is 30.4 Å². The van der Waals surface area contributed by atoms with E-state index in [1.165, 1.54) is 19.1 Å². The predicted octanol–water partition coefficient (Wildman–Crippen LogP) is 2.71. The summed E-state index contributed by atoms with van der Waals surface area (Å²) in [5.74, 6) is -2.37. The van der Waals surface area contributed by atoms with Crippen LogP contribution in [0.25, 0.3) is 0 Å². The van der Waals surface area contributed by atoms with Crippen molar-refractivity contribution >= 4 is 29.3 Å². The van der Waals surface area contributed by atoms with Gasteiger partial charge in [0.1, 0.15) is 29.6 Å². The zero-order valence-electron chi connectivity index (χ0n) is 19.8. The molecule has 1 aliphatic rings. The lowest BCUT2D eigenvalue weighted by molar-refractivity contribution is -0.140. The van der Waals surface area contributed by atoms with Crippen molar-refractivity contribution in [2.45, 2.75) is 12.3 Å². The van der Waals surface area contributed by atoms with E-state index in [-0.39, 0.29) is 22.8 Å². The number of carbonyl (C=O) groups is 3. The van der Waals surface area contributed by atoms with Gasteiger partial charge < -0.3 is 30.4 Å². The van der Waals surface area contributed by atoms with Crippen LogP contribution in [-0.4, -0.2) is 39.3 Å². The van der Waals surface area contributed by atoms with Crippen LogP contribution in [0.4, 0.5) is 16.2 Å². The second-order valence-electron chi connectivity index (χ2n) is 7.47. The predicted molar refractivity (Wildman–Crippen MR) is 127 cm³/mol. The summed E-state index contributed by atoms with van der Waals surface area (Å²) in [7, 11) is 3.86. The molecule has 0 saturated carbocycles. The zero-order chi connectivity index (χ0) is 26.4. The average molecular weight is 492 g/mol. The minimum absolute atomic E-state index is 0.0729. The maximum absolute atomic E-state index is 12.8. The van der Waals surface area contributed by atoms with Gasteiger partial charge >= 0.3 is 18.0 Å². The lowest BCUT2D eigenvalue weighted by Gasteiger charge is -2.28. The Kier molecular flexibility index (Phi) is 7.81. The molecule has 0 radical (unpaired) electrons. The van der Waals surface area contributed by atoms with Crippen LogP contribution in [-0.2, 0) is 23.8 Å². The molecular weight excluding hydrogens is 468 g/mol. The van der Waals surface area contributed by atoms with Crippen molar-refractivity contribution in [3.63, 3.8) is 0 Å². The number of allylic oxidation sites excluding steroid dienone is 1. The number of nitrogens with two attached hydrogens (primary N) is 2. The van der Waals surface area contributed by atoms with Crippen LogP contribution in [0.15, 0.2) is 71.3 Å². The number of esters is 2. The zero-order valence-corrected chi connectivity index (χ0v) is 19.8. The number of ether oxygens (including phenoxy) is 4. The number of hydrogen-bond acceptors (Lipinski definition) is 9. The molecule has 0 aliphatic carbocycles. The monoisotopic (exact) mass is 492 g/mol. The van der Waals surface area contributed by atoms with Crippen LogP contribution in [0.2, 0.25) is 0 Å². The molecule has 11 heteroatoms. The molecule has 1 unspecified atom stereocenters. The Morgan fingerprint density at radius 3 is 2.31 bits per heavy atom. The molecule has 0 aromatic heterocycles. The summed E-state index contributed by atoms with van der Waals surface area (Å²) in [6.07, 6.45) is -0.421. The first-order valence-corrected chi connectivity index (χ1v) is 10.5. The molecule has 186 valence electrons. The number of rotatable bonds is 7. The summed E-state index contributed by atoms with van der Waals surface area (Å²) in [4.78, 5) is 38.5. The summed E-state index contributed by atoms with van der Waals surface area (Å²) in [5, 5.41) is 9.84. The maximum atomic E-state index is 12.8. The van der Waals surface area contributed by atoms with E-state index in [1.54, 1.807) is 48.5 Å². The standard InChI is InChI=1S/C25H24N4O7/c1-33-17-9-7-15(8-10-17)29(25(28)32)16-6-4-5-14(11-16)21-18(13-26)23(27)36-19(12-20(30)34-2)22(21)24(31)35-3/h4-11,21H,12,27H2,1-3H3,(H2,28,32). The topological polar surface area (TPSA) is 167 Å². The number of urea groups is 1. The first-order valence-electron chi connectivity index (χ1n) is 10.5. The van der Waals surface area contributed by atoms with E-state index in [9.17, 15) is 19.6 Å². The Morgan fingerprint density at radius 2 is 1.75 bits per heavy atom. The first-order chi connectivity index (χ1) is 17.2. The van der Waals surface area contributed by atoms with E-state index >= 15 is 0 Å². The van der Waals surface area contributed by atoms with Gasteiger partial charge in [-0.05, 0) is 42.0 Å². The number of nitrogens with zero attached hydrogens (tertiary/aromatic N) is 2. The van der Waals surface area contributed by atoms with Crippen molar-refractivity contribution in [2.75, 3.05) is 26.2 Å². The Bertz CT molecular complexity index is 1290. The lowest BCUT2D eigenvalue weighted by atomic mass is 9.82. The molecule has 2 aromatic rings. The molecule has 0 spiro atoms. The number of benzene rings is 2. The van der Waals surface area contributed by atoms with Gasteiger partial charge in [-0.2, -0.15) is 5.26 Å². The number of nitriles is 1. The molecule has 0 fully saturated rings. The smallest absolute Gasteiger partial charge is 0.338 e.